The summed E-state index contributed by atoms with van der Waals surface area (Å²) in [6, 6.07) is 13.8. The molecule has 4 rings (SSSR count). The second-order valence-electron chi connectivity index (χ2n) is 8.23. The van der Waals surface area contributed by atoms with Crippen molar-refractivity contribution in [2.75, 3.05) is 25.0 Å². The molecule has 31 heavy (non-hydrogen) atoms. The Balaban J connectivity index is 1.76. The van der Waals surface area contributed by atoms with Crippen LogP contribution in [0, 0.1) is 6.92 Å². The molecular formula is C26H29N3O2. The standard InChI is InChI=1S/C26H29N3O2/c1-3-4-12-27-25-21(17-30)16-20-15-19(10-11-23(20)28-25)24-18(2)8-7-9-22(24)26(31)29-13-5-6-14-29/h7-11,15-17H,3-6,12-14H2,1-2H3,(H,27,28). The van der Waals surface area contributed by atoms with Gasteiger partial charge >= 0.3 is 0 Å². The Hall–Kier alpha value is -3.21. The second kappa shape index (κ2) is 9.29. The summed E-state index contributed by atoms with van der Waals surface area (Å²) >= 11 is 0. The fraction of sp³-hybridized carbons (Fsp3) is 0.346. The molecule has 0 bridgehead atoms. The number of likely N-dealkylation sites (tertiary alicyclic amines) is 1. The number of pyridine rings is 1. The first kappa shape index (κ1) is 21.0. The fourth-order valence-corrected chi connectivity index (χ4v) is 4.28. The Morgan fingerprint density at radius 1 is 1.16 bits per heavy atom. The highest BCUT2D eigenvalue weighted by molar-refractivity contribution is 6.03. The van der Waals surface area contributed by atoms with E-state index < -0.39 is 0 Å². The lowest BCUT2D eigenvalue weighted by Gasteiger charge is -2.19. The van der Waals surface area contributed by atoms with Crippen LogP contribution in [-0.4, -0.2) is 41.7 Å². The van der Waals surface area contributed by atoms with E-state index in [0.717, 1.165) is 84.8 Å². The van der Waals surface area contributed by atoms with Crippen molar-refractivity contribution in [3.63, 3.8) is 0 Å². The zero-order chi connectivity index (χ0) is 21.8. The van der Waals surface area contributed by atoms with Crippen molar-refractivity contribution in [2.24, 2.45) is 0 Å². The molecule has 2 aromatic carbocycles. The minimum atomic E-state index is 0.0958. The van der Waals surface area contributed by atoms with Crippen LogP contribution < -0.4 is 5.32 Å². The molecule has 1 fully saturated rings. The van der Waals surface area contributed by atoms with Gasteiger partial charge in [-0.05, 0) is 67.1 Å². The molecule has 2 heterocycles. The summed E-state index contributed by atoms with van der Waals surface area (Å²) in [5.41, 5.74) is 5.11. The lowest BCUT2D eigenvalue weighted by molar-refractivity contribution is 0.0793. The molecule has 5 heteroatoms. The number of anilines is 1. The van der Waals surface area contributed by atoms with Crippen LogP contribution in [0.2, 0.25) is 0 Å². The highest BCUT2D eigenvalue weighted by Crippen LogP contribution is 2.32. The molecule has 0 radical (unpaired) electrons. The molecule has 1 aliphatic rings. The number of rotatable bonds is 7. The van der Waals surface area contributed by atoms with Crippen LogP contribution in [0.15, 0.2) is 42.5 Å². The molecule has 1 amide bonds. The molecule has 0 atom stereocenters. The van der Waals surface area contributed by atoms with E-state index in [4.69, 9.17) is 0 Å². The minimum absolute atomic E-state index is 0.0958. The molecular weight excluding hydrogens is 386 g/mol. The van der Waals surface area contributed by atoms with Crippen LogP contribution in [0.1, 0.15) is 58.9 Å². The van der Waals surface area contributed by atoms with Gasteiger partial charge in [-0.3, -0.25) is 9.59 Å². The van der Waals surface area contributed by atoms with E-state index in [-0.39, 0.29) is 5.91 Å². The summed E-state index contributed by atoms with van der Waals surface area (Å²) in [7, 11) is 0. The molecule has 160 valence electrons. The molecule has 0 spiro atoms. The first-order valence-corrected chi connectivity index (χ1v) is 11.2. The van der Waals surface area contributed by atoms with Crippen molar-refractivity contribution in [1.29, 1.82) is 0 Å². The molecule has 1 N–H and O–H groups in total. The maximum atomic E-state index is 13.2. The third-order valence-corrected chi connectivity index (χ3v) is 5.98. The zero-order valence-corrected chi connectivity index (χ0v) is 18.3. The van der Waals surface area contributed by atoms with E-state index in [9.17, 15) is 9.59 Å². The quantitative estimate of drug-likeness (QED) is 0.410. The summed E-state index contributed by atoms with van der Waals surface area (Å²) in [5.74, 6) is 0.725. The summed E-state index contributed by atoms with van der Waals surface area (Å²) in [5, 5.41) is 4.17. The number of nitrogens with one attached hydrogen (secondary N) is 1. The van der Waals surface area contributed by atoms with Gasteiger partial charge < -0.3 is 10.2 Å². The van der Waals surface area contributed by atoms with Gasteiger partial charge in [-0.2, -0.15) is 0 Å². The van der Waals surface area contributed by atoms with Crippen molar-refractivity contribution >= 4 is 28.9 Å². The number of nitrogens with zero attached hydrogens (tertiary/aromatic N) is 2. The number of hydrogen-bond acceptors (Lipinski definition) is 4. The number of fused-ring (bicyclic) bond motifs is 1. The van der Waals surface area contributed by atoms with Gasteiger partial charge in [0.1, 0.15) is 5.82 Å². The molecule has 1 saturated heterocycles. The summed E-state index contributed by atoms with van der Waals surface area (Å²) in [6.45, 7) is 6.61. The maximum absolute atomic E-state index is 13.2. The number of aldehydes is 1. The lowest BCUT2D eigenvalue weighted by Crippen LogP contribution is -2.28. The Morgan fingerprint density at radius 2 is 1.97 bits per heavy atom. The third kappa shape index (κ3) is 4.31. The highest BCUT2D eigenvalue weighted by Gasteiger charge is 2.23. The van der Waals surface area contributed by atoms with Gasteiger partial charge in [0.15, 0.2) is 6.29 Å². The number of carbonyl (C=O) groups excluding carboxylic acids is 2. The van der Waals surface area contributed by atoms with E-state index in [1.165, 1.54) is 0 Å². The van der Waals surface area contributed by atoms with E-state index in [1.54, 1.807) is 0 Å². The highest BCUT2D eigenvalue weighted by atomic mass is 16.2. The fourth-order valence-electron chi connectivity index (χ4n) is 4.28. The lowest BCUT2D eigenvalue weighted by atomic mass is 9.93. The Bertz CT molecular complexity index is 1120. The van der Waals surface area contributed by atoms with E-state index in [1.807, 2.05) is 54.3 Å². The van der Waals surface area contributed by atoms with Crippen molar-refractivity contribution in [2.45, 2.75) is 39.5 Å². The topological polar surface area (TPSA) is 62.3 Å². The molecule has 0 saturated carbocycles. The average Bonchev–Trinajstić information content (AvgIpc) is 3.33. The number of aromatic nitrogens is 1. The molecule has 1 aromatic heterocycles. The number of carbonyl (C=O) groups is 2. The van der Waals surface area contributed by atoms with Crippen LogP contribution in [0.5, 0.6) is 0 Å². The van der Waals surface area contributed by atoms with Gasteiger partial charge in [0.05, 0.1) is 11.1 Å². The van der Waals surface area contributed by atoms with Crippen molar-refractivity contribution in [3.8, 4) is 11.1 Å². The average molecular weight is 416 g/mol. The van der Waals surface area contributed by atoms with Crippen molar-refractivity contribution in [1.82, 2.24) is 9.88 Å². The smallest absolute Gasteiger partial charge is 0.254 e. The number of benzene rings is 2. The van der Waals surface area contributed by atoms with Crippen LogP contribution in [0.25, 0.3) is 22.0 Å². The predicted octanol–water partition coefficient (Wildman–Crippen LogP) is 5.47. The Labute approximate surface area is 183 Å². The van der Waals surface area contributed by atoms with Crippen molar-refractivity contribution < 1.29 is 9.59 Å². The van der Waals surface area contributed by atoms with E-state index >= 15 is 0 Å². The number of amides is 1. The van der Waals surface area contributed by atoms with Crippen molar-refractivity contribution in [3.05, 3.63) is 59.2 Å². The molecule has 3 aromatic rings. The predicted molar refractivity (Wildman–Crippen MR) is 126 cm³/mol. The van der Waals surface area contributed by atoms with Crippen LogP contribution in [0.3, 0.4) is 0 Å². The SMILES string of the molecule is CCCCNc1nc2ccc(-c3c(C)cccc3C(=O)N3CCCC3)cc2cc1C=O. The minimum Gasteiger partial charge on any atom is -0.369 e. The molecule has 0 aliphatic carbocycles. The van der Waals surface area contributed by atoms with Crippen LogP contribution in [-0.2, 0) is 0 Å². The summed E-state index contributed by atoms with van der Waals surface area (Å²) < 4.78 is 0. The van der Waals surface area contributed by atoms with Gasteiger partial charge in [-0.25, -0.2) is 4.98 Å². The number of unbranched alkanes of at least 4 members (excludes halogenated alkanes) is 1. The largest absolute Gasteiger partial charge is 0.369 e. The Morgan fingerprint density at radius 3 is 2.71 bits per heavy atom. The molecule has 0 unspecified atom stereocenters. The van der Waals surface area contributed by atoms with Crippen LogP contribution in [0.4, 0.5) is 5.82 Å². The van der Waals surface area contributed by atoms with Gasteiger partial charge in [-0.1, -0.05) is 31.5 Å². The van der Waals surface area contributed by atoms with Gasteiger partial charge in [0, 0.05) is 30.6 Å². The van der Waals surface area contributed by atoms with E-state index in [2.05, 4.69) is 17.2 Å². The third-order valence-electron chi connectivity index (χ3n) is 5.98. The zero-order valence-electron chi connectivity index (χ0n) is 18.3. The van der Waals surface area contributed by atoms with Gasteiger partial charge in [0.2, 0.25) is 0 Å². The first-order valence-electron chi connectivity index (χ1n) is 11.2. The van der Waals surface area contributed by atoms with Crippen LogP contribution >= 0.6 is 0 Å². The van der Waals surface area contributed by atoms with Gasteiger partial charge in [-0.15, -0.1) is 0 Å². The Kier molecular flexibility index (Phi) is 6.31. The normalized spacial score (nSPS) is 13.5. The summed E-state index contributed by atoms with van der Waals surface area (Å²) in [6.07, 6.45) is 5.09. The van der Waals surface area contributed by atoms with Gasteiger partial charge in [0.25, 0.3) is 5.91 Å². The monoisotopic (exact) mass is 415 g/mol. The molecule has 1 aliphatic heterocycles. The maximum Gasteiger partial charge on any atom is 0.254 e. The first-order chi connectivity index (χ1) is 15.1. The number of aryl methyl sites for hydroxylation is 1. The summed E-state index contributed by atoms with van der Waals surface area (Å²) in [4.78, 5) is 31.5. The van der Waals surface area contributed by atoms with E-state index in [0.29, 0.717) is 11.4 Å². The number of hydrogen-bond donors (Lipinski definition) is 1. The molecule has 5 nitrogen and oxygen atoms in total. The second-order valence-corrected chi connectivity index (χ2v) is 8.23.